The number of nitrogens with one attached hydrogen (secondary N) is 5. The quantitative estimate of drug-likeness (QED) is 0.0504. The third-order valence-electron chi connectivity index (χ3n) is 7.26. The SMILES string of the molecule is CCOC(=O)c1cc(-c2cccc(NS(=O)(=O)Cc3ccccc3)c2)n[nH]1.O=C(NO)c1cc(-c2cccc(NS(=O)(=O)Cc3ccccc3)c2)n[nH]1. The number of H-pyrrole nitrogens is 2. The number of hydroxylamine groups is 1. The highest BCUT2D eigenvalue weighted by Crippen LogP contribution is 2.24. The molecule has 0 radical (unpaired) electrons. The van der Waals surface area contributed by atoms with Gasteiger partial charge in [-0.2, -0.15) is 10.2 Å². The molecule has 17 heteroatoms. The molecule has 0 atom stereocenters. The number of carbonyl (C=O) groups is 2. The molecular weight excluding hydrogens is 723 g/mol. The lowest BCUT2D eigenvalue weighted by Gasteiger charge is -2.09. The average Bonchev–Trinajstić information content (AvgIpc) is 3.84. The first-order chi connectivity index (χ1) is 25.4. The van der Waals surface area contributed by atoms with Crippen molar-refractivity contribution in [1.82, 2.24) is 25.9 Å². The summed E-state index contributed by atoms with van der Waals surface area (Å²) in [5.41, 5.74) is 6.25. The highest BCUT2D eigenvalue weighted by Gasteiger charge is 2.16. The molecule has 1 amide bonds. The lowest BCUT2D eigenvalue weighted by atomic mass is 10.1. The Bertz CT molecular complexity index is 2380. The molecule has 0 bridgehead atoms. The van der Waals surface area contributed by atoms with E-state index in [-0.39, 0.29) is 29.5 Å². The summed E-state index contributed by atoms with van der Waals surface area (Å²) in [4.78, 5) is 23.1. The Hall–Kier alpha value is -6.30. The van der Waals surface area contributed by atoms with Crippen molar-refractivity contribution < 1.29 is 36.4 Å². The van der Waals surface area contributed by atoms with Gasteiger partial charge in [-0.05, 0) is 54.4 Å². The summed E-state index contributed by atoms with van der Waals surface area (Å²) < 4.78 is 59.5. The van der Waals surface area contributed by atoms with Crippen LogP contribution < -0.4 is 14.9 Å². The van der Waals surface area contributed by atoms with Gasteiger partial charge < -0.3 is 4.74 Å². The van der Waals surface area contributed by atoms with Crippen LogP contribution in [0.25, 0.3) is 22.5 Å². The van der Waals surface area contributed by atoms with Gasteiger partial charge in [-0.15, -0.1) is 0 Å². The van der Waals surface area contributed by atoms with Gasteiger partial charge in [0, 0.05) is 22.5 Å². The largest absolute Gasteiger partial charge is 0.461 e. The first kappa shape index (κ1) is 37.9. The highest BCUT2D eigenvalue weighted by molar-refractivity contribution is 7.92. The molecule has 0 spiro atoms. The lowest BCUT2D eigenvalue weighted by molar-refractivity contribution is 0.0519. The normalized spacial score (nSPS) is 11.1. The van der Waals surface area contributed by atoms with Gasteiger partial charge in [-0.1, -0.05) is 84.9 Å². The second kappa shape index (κ2) is 17.3. The number of anilines is 2. The van der Waals surface area contributed by atoms with Gasteiger partial charge in [0.05, 0.1) is 29.5 Å². The first-order valence-corrected chi connectivity index (χ1v) is 19.3. The smallest absolute Gasteiger partial charge is 0.356 e. The van der Waals surface area contributed by atoms with Crippen molar-refractivity contribution >= 4 is 43.3 Å². The number of carbonyl (C=O) groups excluding carboxylic acids is 2. The fourth-order valence-electron chi connectivity index (χ4n) is 4.93. The minimum atomic E-state index is -3.57. The van der Waals surface area contributed by atoms with Crippen LogP contribution in [0, 0.1) is 0 Å². The Balaban J connectivity index is 0.000000204. The number of hydrogen-bond donors (Lipinski definition) is 6. The molecule has 274 valence electrons. The van der Waals surface area contributed by atoms with Crippen molar-refractivity contribution in [2.45, 2.75) is 18.4 Å². The Morgan fingerprint density at radius 2 is 1.09 bits per heavy atom. The summed E-state index contributed by atoms with van der Waals surface area (Å²) in [6.07, 6.45) is 0. The highest BCUT2D eigenvalue weighted by atomic mass is 32.2. The molecule has 0 aliphatic heterocycles. The summed E-state index contributed by atoms with van der Waals surface area (Å²) in [7, 11) is -7.13. The average molecular weight is 758 g/mol. The van der Waals surface area contributed by atoms with Crippen LogP contribution in [-0.4, -0.2) is 60.9 Å². The van der Waals surface area contributed by atoms with Crippen molar-refractivity contribution in [3.63, 3.8) is 0 Å². The van der Waals surface area contributed by atoms with Crippen LogP contribution in [0.4, 0.5) is 11.4 Å². The van der Waals surface area contributed by atoms with Crippen LogP contribution in [0.5, 0.6) is 0 Å². The van der Waals surface area contributed by atoms with Crippen molar-refractivity contribution in [2.75, 3.05) is 16.1 Å². The van der Waals surface area contributed by atoms with Gasteiger partial charge in [0.2, 0.25) is 20.0 Å². The fraction of sp³-hybridized carbons (Fsp3) is 0.111. The van der Waals surface area contributed by atoms with E-state index in [1.54, 1.807) is 110 Å². The molecule has 0 fully saturated rings. The van der Waals surface area contributed by atoms with Gasteiger partial charge in [0.15, 0.2) is 0 Å². The zero-order valence-electron chi connectivity index (χ0n) is 28.2. The molecule has 6 aromatic rings. The number of aromatic amines is 2. The van der Waals surface area contributed by atoms with Crippen molar-refractivity contribution in [2.24, 2.45) is 0 Å². The van der Waals surface area contributed by atoms with E-state index in [0.29, 0.717) is 45.0 Å². The summed E-state index contributed by atoms with van der Waals surface area (Å²) in [5, 5.41) is 21.8. The van der Waals surface area contributed by atoms with Crippen LogP contribution in [0.1, 0.15) is 39.0 Å². The lowest BCUT2D eigenvalue weighted by Crippen LogP contribution is -2.18. The minimum absolute atomic E-state index is 0.0811. The van der Waals surface area contributed by atoms with Crippen LogP contribution in [0.15, 0.2) is 121 Å². The number of hydrogen-bond acceptors (Lipinski definition) is 10. The van der Waals surface area contributed by atoms with Crippen LogP contribution in [-0.2, 0) is 36.3 Å². The zero-order chi connectivity index (χ0) is 37.8. The van der Waals surface area contributed by atoms with E-state index >= 15 is 0 Å². The number of esters is 1. The molecule has 53 heavy (non-hydrogen) atoms. The number of sulfonamides is 2. The van der Waals surface area contributed by atoms with Crippen LogP contribution >= 0.6 is 0 Å². The zero-order valence-corrected chi connectivity index (χ0v) is 29.8. The van der Waals surface area contributed by atoms with E-state index in [4.69, 9.17) is 9.94 Å². The first-order valence-electron chi connectivity index (χ1n) is 16.0. The molecule has 0 aliphatic carbocycles. The van der Waals surface area contributed by atoms with Crippen LogP contribution in [0.2, 0.25) is 0 Å². The van der Waals surface area contributed by atoms with Crippen molar-refractivity contribution in [3.05, 3.63) is 144 Å². The molecule has 0 saturated carbocycles. The van der Waals surface area contributed by atoms with E-state index in [0.717, 1.165) is 0 Å². The maximum Gasteiger partial charge on any atom is 0.356 e. The predicted octanol–water partition coefficient (Wildman–Crippen LogP) is 5.33. The van der Waals surface area contributed by atoms with E-state index in [2.05, 4.69) is 29.8 Å². The van der Waals surface area contributed by atoms with Gasteiger partial charge >= 0.3 is 5.97 Å². The third kappa shape index (κ3) is 11.1. The summed E-state index contributed by atoms with van der Waals surface area (Å²) in [5.74, 6) is -1.46. The monoisotopic (exact) mass is 757 g/mol. The standard InChI is InChI=1S/C19H19N3O4S.C17H16N4O4S/c1-2-26-19(23)18-12-17(20-21-18)15-9-6-10-16(11-15)22-27(24,25)13-14-7-4-3-5-8-14;22-17(20-23)16-10-15(18-19-16)13-7-4-8-14(9-13)21-26(24,25)11-12-5-2-1-3-6-12/h3-12,22H,2,13H2,1H3,(H,20,21);1-10,21,23H,11H2,(H,18,19)(H,20,22). The third-order valence-corrected chi connectivity index (χ3v) is 9.78. The molecule has 2 heterocycles. The summed E-state index contributed by atoms with van der Waals surface area (Å²) in [6.45, 7) is 1.99. The molecule has 6 rings (SSSR count). The molecule has 0 saturated heterocycles. The number of amides is 1. The molecular formula is C36H35N7O8S2. The molecule has 4 aromatic carbocycles. The van der Waals surface area contributed by atoms with Gasteiger partial charge in [0.25, 0.3) is 5.91 Å². The molecule has 0 aliphatic rings. The predicted molar refractivity (Wildman–Crippen MR) is 199 cm³/mol. The number of aromatic nitrogens is 4. The molecule has 15 nitrogen and oxygen atoms in total. The number of rotatable bonds is 13. The van der Waals surface area contributed by atoms with E-state index in [1.807, 2.05) is 12.1 Å². The molecule has 2 aromatic heterocycles. The maximum absolute atomic E-state index is 12.4. The maximum atomic E-state index is 12.4. The Labute approximate surface area is 305 Å². The Morgan fingerprint density at radius 1 is 0.642 bits per heavy atom. The van der Waals surface area contributed by atoms with E-state index in [9.17, 15) is 26.4 Å². The van der Waals surface area contributed by atoms with Gasteiger partial charge in [-0.3, -0.25) is 29.6 Å². The summed E-state index contributed by atoms with van der Waals surface area (Å²) in [6, 6.07) is 34.3. The number of ether oxygens (including phenoxy) is 1. The van der Waals surface area contributed by atoms with Gasteiger partial charge in [0.1, 0.15) is 11.4 Å². The molecule has 0 unspecified atom stereocenters. The van der Waals surface area contributed by atoms with E-state index < -0.39 is 31.9 Å². The van der Waals surface area contributed by atoms with Crippen molar-refractivity contribution in [3.8, 4) is 22.5 Å². The Kier molecular flexibility index (Phi) is 12.4. The second-order valence-electron chi connectivity index (χ2n) is 11.4. The van der Waals surface area contributed by atoms with Gasteiger partial charge in [-0.25, -0.2) is 27.1 Å². The number of nitrogens with zero attached hydrogens (tertiary/aromatic N) is 2. The van der Waals surface area contributed by atoms with E-state index in [1.165, 1.54) is 11.5 Å². The summed E-state index contributed by atoms with van der Waals surface area (Å²) >= 11 is 0. The Morgan fingerprint density at radius 3 is 1.55 bits per heavy atom. The number of benzene rings is 4. The molecule has 6 N–H and O–H groups in total. The van der Waals surface area contributed by atoms with Crippen molar-refractivity contribution in [1.29, 1.82) is 0 Å². The second-order valence-corrected chi connectivity index (χ2v) is 14.8. The fourth-order valence-corrected chi connectivity index (χ4v) is 7.31. The topological polar surface area (TPSA) is 225 Å². The van der Waals surface area contributed by atoms with Crippen LogP contribution in [0.3, 0.4) is 0 Å². The minimum Gasteiger partial charge on any atom is -0.461 e.